The minimum absolute atomic E-state index is 0.144. The lowest BCUT2D eigenvalue weighted by molar-refractivity contribution is -0.166. The first-order valence-electron chi connectivity index (χ1n) is 6.02. The van der Waals surface area contributed by atoms with Gasteiger partial charge in [0.15, 0.2) is 0 Å². The Hall–Kier alpha value is -0.400. The third-order valence-corrected chi connectivity index (χ3v) is 2.83. The average Bonchev–Trinajstić information content (AvgIpc) is 2.78. The molecule has 0 bridgehead atoms. The van der Waals surface area contributed by atoms with Crippen molar-refractivity contribution >= 4 is 0 Å². The van der Waals surface area contributed by atoms with Crippen LogP contribution in [-0.2, 0) is 9.47 Å². The standard InChI is InChI=1S/C11H19F4NO2/c12-10(13)11(14,15)7-17-6-8(16)3-4-9-2-1-5-18-9/h8-10H,1-7,16H2. The molecule has 3 nitrogen and oxygen atoms in total. The molecule has 0 saturated carbocycles. The third kappa shape index (κ3) is 5.49. The molecule has 1 rings (SSSR count). The van der Waals surface area contributed by atoms with Gasteiger partial charge in [0, 0.05) is 12.6 Å². The highest BCUT2D eigenvalue weighted by molar-refractivity contribution is 4.71. The Kier molecular flexibility index (Phi) is 6.31. The first-order chi connectivity index (χ1) is 8.42. The van der Waals surface area contributed by atoms with Crippen LogP contribution in [0, 0.1) is 0 Å². The average molecular weight is 273 g/mol. The van der Waals surface area contributed by atoms with Gasteiger partial charge in [-0.25, -0.2) is 8.78 Å². The van der Waals surface area contributed by atoms with Crippen molar-refractivity contribution in [2.45, 2.75) is 50.2 Å². The van der Waals surface area contributed by atoms with Crippen LogP contribution in [0.4, 0.5) is 17.6 Å². The minimum atomic E-state index is -4.10. The first-order valence-corrected chi connectivity index (χ1v) is 6.02. The Labute approximate surface area is 104 Å². The molecular weight excluding hydrogens is 254 g/mol. The van der Waals surface area contributed by atoms with E-state index >= 15 is 0 Å². The van der Waals surface area contributed by atoms with Gasteiger partial charge >= 0.3 is 12.3 Å². The van der Waals surface area contributed by atoms with Crippen LogP contribution < -0.4 is 5.73 Å². The molecule has 0 radical (unpaired) electrons. The molecule has 0 spiro atoms. The zero-order chi connectivity index (χ0) is 13.6. The predicted molar refractivity (Wildman–Crippen MR) is 58.0 cm³/mol. The molecule has 2 atom stereocenters. The zero-order valence-corrected chi connectivity index (χ0v) is 10.1. The normalized spacial score (nSPS) is 22.7. The summed E-state index contributed by atoms with van der Waals surface area (Å²) in [5.41, 5.74) is 5.64. The summed E-state index contributed by atoms with van der Waals surface area (Å²) < 4.78 is 58.5. The number of hydrogen-bond acceptors (Lipinski definition) is 3. The quantitative estimate of drug-likeness (QED) is 0.689. The number of rotatable bonds is 8. The summed E-state index contributed by atoms with van der Waals surface area (Å²) in [6.45, 7) is -0.690. The van der Waals surface area contributed by atoms with Crippen molar-refractivity contribution in [2.75, 3.05) is 19.8 Å². The van der Waals surface area contributed by atoms with E-state index in [9.17, 15) is 17.6 Å². The van der Waals surface area contributed by atoms with Crippen molar-refractivity contribution in [3.05, 3.63) is 0 Å². The molecule has 18 heavy (non-hydrogen) atoms. The van der Waals surface area contributed by atoms with E-state index in [2.05, 4.69) is 4.74 Å². The van der Waals surface area contributed by atoms with Crippen LogP contribution in [0.2, 0.25) is 0 Å². The van der Waals surface area contributed by atoms with Crippen LogP contribution in [0.5, 0.6) is 0 Å². The van der Waals surface area contributed by atoms with Gasteiger partial charge in [0.2, 0.25) is 0 Å². The molecule has 108 valence electrons. The number of ether oxygens (including phenoxy) is 2. The van der Waals surface area contributed by atoms with Crippen LogP contribution in [-0.4, -0.2) is 44.3 Å². The summed E-state index contributed by atoms with van der Waals surface area (Å²) in [6.07, 6.45) is -0.200. The number of halogens is 4. The van der Waals surface area contributed by atoms with E-state index in [0.29, 0.717) is 6.42 Å². The highest BCUT2D eigenvalue weighted by Crippen LogP contribution is 2.23. The van der Waals surface area contributed by atoms with Gasteiger partial charge in [-0.05, 0) is 25.7 Å². The molecule has 0 aromatic heterocycles. The maximum Gasteiger partial charge on any atom is 0.330 e. The van der Waals surface area contributed by atoms with Gasteiger partial charge in [-0.1, -0.05) is 0 Å². The molecule has 2 unspecified atom stereocenters. The molecule has 1 saturated heterocycles. The lowest BCUT2D eigenvalue weighted by Crippen LogP contribution is -2.35. The first kappa shape index (κ1) is 15.7. The summed E-state index contributed by atoms with van der Waals surface area (Å²) >= 11 is 0. The van der Waals surface area contributed by atoms with E-state index in [1.54, 1.807) is 0 Å². The van der Waals surface area contributed by atoms with Gasteiger partial charge < -0.3 is 15.2 Å². The Morgan fingerprint density at radius 1 is 1.39 bits per heavy atom. The fourth-order valence-corrected chi connectivity index (χ4v) is 1.76. The van der Waals surface area contributed by atoms with Crippen LogP contribution >= 0.6 is 0 Å². The van der Waals surface area contributed by atoms with Crippen LogP contribution in [0.3, 0.4) is 0 Å². The number of nitrogens with two attached hydrogens (primary N) is 1. The third-order valence-electron chi connectivity index (χ3n) is 2.83. The Balaban J connectivity index is 2.07. The highest BCUT2D eigenvalue weighted by Gasteiger charge is 2.41. The molecule has 0 amide bonds. The van der Waals surface area contributed by atoms with Crippen molar-refractivity contribution in [3.63, 3.8) is 0 Å². The molecule has 1 aliphatic rings. The summed E-state index contributed by atoms with van der Waals surface area (Å²) in [7, 11) is 0. The largest absolute Gasteiger partial charge is 0.378 e. The molecule has 1 heterocycles. The van der Waals surface area contributed by atoms with Gasteiger partial charge in [-0.2, -0.15) is 8.78 Å². The molecule has 2 N–H and O–H groups in total. The fraction of sp³-hybridized carbons (Fsp3) is 1.00. The van der Waals surface area contributed by atoms with Crippen molar-refractivity contribution in [1.29, 1.82) is 0 Å². The van der Waals surface area contributed by atoms with Gasteiger partial charge in [-0.3, -0.25) is 0 Å². The van der Waals surface area contributed by atoms with Crippen molar-refractivity contribution in [1.82, 2.24) is 0 Å². The summed E-state index contributed by atoms with van der Waals surface area (Å²) in [5, 5.41) is 0. The smallest absolute Gasteiger partial charge is 0.330 e. The maximum atomic E-state index is 12.5. The van der Waals surface area contributed by atoms with Crippen LogP contribution in [0.15, 0.2) is 0 Å². The molecule has 0 aliphatic carbocycles. The second kappa shape index (κ2) is 7.25. The molecule has 1 aliphatic heterocycles. The Bertz CT molecular complexity index is 235. The van der Waals surface area contributed by atoms with E-state index in [0.717, 1.165) is 25.9 Å². The monoisotopic (exact) mass is 273 g/mol. The summed E-state index contributed by atoms with van der Waals surface area (Å²) in [5.74, 6) is -4.10. The minimum Gasteiger partial charge on any atom is -0.378 e. The van der Waals surface area contributed by atoms with Gasteiger partial charge in [0.25, 0.3) is 0 Å². The summed E-state index contributed by atoms with van der Waals surface area (Å²) in [6, 6.07) is -0.428. The number of hydrogen-bond donors (Lipinski definition) is 1. The fourth-order valence-electron chi connectivity index (χ4n) is 1.76. The highest BCUT2D eigenvalue weighted by atomic mass is 19.3. The van der Waals surface area contributed by atoms with E-state index < -0.39 is 25.0 Å². The second-order valence-corrected chi connectivity index (χ2v) is 4.55. The van der Waals surface area contributed by atoms with Crippen molar-refractivity contribution in [2.24, 2.45) is 5.73 Å². The topological polar surface area (TPSA) is 44.5 Å². The second-order valence-electron chi connectivity index (χ2n) is 4.55. The van der Waals surface area contributed by atoms with Crippen LogP contribution in [0.25, 0.3) is 0 Å². The molecule has 0 aromatic carbocycles. The predicted octanol–water partition coefficient (Wildman–Crippen LogP) is 2.19. The van der Waals surface area contributed by atoms with Gasteiger partial charge in [-0.15, -0.1) is 0 Å². The maximum absolute atomic E-state index is 12.5. The van der Waals surface area contributed by atoms with Crippen molar-refractivity contribution in [3.8, 4) is 0 Å². The van der Waals surface area contributed by atoms with E-state index in [1.807, 2.05) is 0 Å². The lowest BCUT2D eigenvalue weighted by Gasteiger charge is -2.18. The van der Waals surface area contributed by atoms with E-state index in [1.165, 1.54) is 0 Å². The lowest BCUT2D eigenvalue weighted by atomic mass is 10.1. The van der Waals surface area contributed by atoms with Crippen LogP contribution in [0.1, 0.15) is 25.7 Å². The SMILES string of the molecule is NC(CCC1CCCO1)COCC(F)(F)C(F)F. The Morgan fingerprint density at radius 3 is 2.67 bits per heavy atom. The molecule has 1 fully saturated rings. The Morgan fingerprint density at radius 2 is 2.11 bits per heavy atom. The van der Waals surface area contributed by atoms with Crippen molar-refractivity contribution < 1.29 is 27.0 Å². The van der Waals surface area contributed by atoms with Gasteiger partial charge in [0.1, 0.15) is 6.61 Å². The number of alkyl halides is 4. The molecule has 7 heteroatoms. The van der Waals surface area contributed by atoms with E-state index in [-0.39, 0.29) is 12.7 Å². The van der Waals surface area contributed by atoms with E-state index in [4.69, 9.17) is 10.5 Å². The zero-order valence-electron chi connectivity index (χ0n) is 10.1. The summed E-state index contributed by atoms with van der Waals surface area (Å²) in [4.78, 5) is 0. The molecule has 0 aromatic rings. The van der Waals surface area contributed by atoms with Gasteiger partial charge in [0.05, 0.1) is 12.7 Å². The molecular formula is C11H19F4NO2.